The van der Waals surface area contributed by atoms with Gasteiger partial charge in [0.25, 0.3) is 0 Å². The average Bonchev–Trinajstić information content (AvgIpc) is 2.90. The van der Waals surface area contributed by atoms with Gasteiger partial charge in [0, 0.05) is 33.0 Å². The predicted molar refractivity (Wildman–Crippen MR) is 155 cm³/mol. The minimum Gasteiger partial charge on any atom is -0.459 e. The lowest BCUT2D eigenvalue weighted by atomic mass is 9.81. The SMILES string of the molecule is CO[C@@H]1[C@@H](OC)[C@@H](O)[C@H](O[C@H]2C[C@@]3(O)CC(=O)O[C@](C)(CC/C=C/C=C/Br)C[C@H](O)[C@H](C)CC[C@H](O3)[C@@H]2C)O[C@H]1C. The van der Waals surface area contributed by atoms with Crippen molar-refractivity contribution in [3.05, 3.63) is 23.2 Å². The number of hydrogen-bond donors (Lipinski definition) is 3. The molecule has 0 aromatic carbocycles. The van der Waals surface area contributed by atoms with E-state index >= 15 is 0 Å². The van der Waals surface area contributed by atoms with Crippen LogP contribution in [0.5, 0.6) is 0 Å². The number of aliphatic hydroxyl groups excluding tert-OH is 2. The van der Waals surface area contributed by atoms with Crippen molar-refractivity contribution in [2.24, 2.45) is 11.8 Å². The number of methoxy groups -OCH3 is 2. The summed E-state index contributed by atoms with van der Waals surface area (Å²) in [7, 11) is 3.03. The van der Waals surface area contributed by atoms with Crippen LogP contribution in [0, 0.1) is 11.8 Å². The van der Waals surface area contributed by atoms with Gasteiger partial charge < -0.3 is 43.7 Å². The van der Waals surface area contributed by atoms with Gasteiger partial charge in [-0.1, -0.05) is 48.0 Å². The first-order chi connectivity index (χ1) is 19.3. The fourth-order valence-corrected chi connectivity index (χ4v) is 6.43. The van der Waals surface area contributed by atoms with E-state index < -0.39 is 72.8 Å². The third-order valence-electron chi connectivity index (χ3n) is 8.81. The van der Waals surface area contributed by atoms with Crippen LogP contribution in [-0.4, -0.2) is 95.9 Å². The summed E-state index contributed by atoms with van der Waals surface area (Å²) in [6.07, 6.45) is 2.49. The maximum absolute atomic E-state index is 13.3. The van der Waals surface area contributed by atoms with Crippen LogP contribution >= 0.6 is 15.9 Å². The summed E-state index contributed by atoms with van der Waals surface area (Å²) < 4.78 is 35.4. The number of esters is 1. The molecule has 3 N–H and O–H groups in total. The van der Waals surface area contributed by atoms with E-state index in [1.807, 2.05) is 45.9 Å². The number of ether oxygens (including phenoxy) is 6. The molecule has 3 heterocycles. The monoisotopic (exact) mass is 648 g/mol. The lowest BCUT2D eigenvalue weighted by molar-refractivity contribution is -0.346. The number of rotatable bonds is 8. The van der Waals surface area contributed by atoms with Crippen molar-refractivity contribution in [3.8, 4) is 0 Å². The highest BCUT2D eigenvalue weighted by Gasteiger charge is 2.51. The highest BCUT2D eigenvalue weighted by atomic mass is 79.9. The van der Waals surface area contributed by atoms with Crippen molar-refractivity contribution in [1.82, 2.24) is 0 Å². The summed E-state index contributed by atoms with van der Waals surface area (Å²) in [4.78, 5) is 15.0. The molecule has 3 aliphatic heterocycles. The van der Waals surface area contributed by atoms with E-state index in [0.29, 0.717) is 32.1 Å². The summed E-state index contributed by atoms with van der Waals surface area (Å²) in [6.45, 7) is 7.57. The summed E-state index contributed by atoms with van der Waals surface area (Å²) in [5.74, 6) is -2.74. The Morgan fingerprint density at radius 3 is 2.44 bits per heavy atom. The standard InChI is InChI=1S/C30H49BrO10/c1-18-11-12-22-19(2)23(39-28-25(34)27(37-6)26(36-5)20(3)38-28)16-30(35,40-22)17-24(33)41-29(4,15-21(18)32)13-9-7-8-10-14-31/h7-8,10,14,18-23,25-28,32,34-35H,9,11-13,15-17H2,1-6H3/b8-7+,14-10+/t18-,19+,20+,21+,22+,23+,25-,26+,27+,28+,29-,30+/m1/s1. The van der Waals surface area contributed by atoms with E-state index in [9.17, 15) is 20.1 Å². The summed E-state index contributed by atoms with van der Waals surface area (Å²) in [6, 6.07) is 0. The van der Waals surface area contributed by atoms with Crippen molar-refractivity contribution in [2.75, 3.05) is 14.2 Å². The smallest absolute Gasteiger partial charge is 0.311 e. The van der Waals surface area contributed by atoms with Crippen molar-refractivity contribution in [1.29, 1.82) is 0 Å². The van der Waals surface area contributed by atoms with Gasteiger partial charge in [-0.25, -0.2) is 0 Å². The number of allylic oxidation sites excluding steroid dienone is 3. The predicted octanol–water partition coefficient (Wildman–Crippen LogP) is 3.74. The summed E-state index contributed by atoms with van der Waals surface area (Å²) in [5, 5.41) is 33.7. The van der Waals surface area contributed by atoms with Gasteiger partial charge in [-0.2, -0.15) is 0 Å². The van der Waals surface area contributed by atoms with Gasteiger partial charge in [0.15, 0.2) is 12.1 Å². The molecule has 0 aromatic rings. The molecule has 3 rings (SSSR count). The quantitative estimate of drug-likeness (QED) is 0.264. The highest BCUT2D eigenvalue weighted by Crippen LogP contribution is 2.41. The van der Waals surface area contributed by atoms with Crippen LogP contribution in [0.2, 0.25) is 0 Å². The number of hydrogen-bond acceptors (Lipinski definition) is 10. The molecule has 3 fully saturated rings. The number of halogens is 1. The third kappa shape index (κ3) is 9.06. The van der Waals surface area contributed by atoms with Crippen molar-refractivity contribution >= 4 is 21.9 Å². The number of carbonyl (C=O) groups is 1. The van der Waals surface area contributed by atoms with Gasteiger partial charge in [0.1, 0.15) is 23.9 Å². The van der Waals surface area contributed by atoms with Gasteiger partial charge in [-0.3, -0.25) is 4.79 Å². The van der Waals surface area contributed by atoms with Gasteiger partial charge in [-0.15, -0.1) is 0 Å². The molecule has 236 valence electrons. The Balaban J connectivity index is 1.81. The fourth-order valence-electron chi connectivity index (χ4n) is 6.25. The zero-order valence-electron chi connectivity index (χ0n) is 25.1. The molecular weight excluding hydrogens is 600 g/mol. The lowest BCUT2D eigenvalue weighted by Crippen LogP contribution is -2.61. The Labute approximate surface area is 252 Å². The van der Waals surface area contributed by atoms with Gasteiger partial charge in [0.2, 0.25) is 0 Å². The minimum atomic E-state index is -1.83. The molecule has 0 unspecified atom stereocenters. The van der Waals surface area contributed by atoms with Crippen LogP contribution in [0.4, 0.5) is 0 Å². The molecule has 3 saturated heterocycles. The van der Waals surface area contributed by atoms with Crippen LogP contribution < -0.4 is 0 Å². The summed E-state index contributed by atoms with van der Waals surface area (Å²) in [5.41, 5.74) is -0.927. The Morgan fingerprint density at radius 1 is 1.07 bits per heavy atom. The summed E-state index contributed by atoms with van der Waals surface area (Å²) >= 11 is 3.23. The fraction of sp³-hybridized carbons (Fsp3) is 0.833. The van der Waals surface area contributed by atoms with Gasteiger partial charge >= 0.3 is 5.97 Å². The van der Waals surface area contributed by atoms with Crippen LogP contribution in [0.3, 0.4) is 0 Å². The molecule has 10 nitrogen and oxygen atoms in total. The highest BCUT2D eigenvalue weighted by molar-refractivity contribution is 9.11. The van der Waals surface area contributed by atoms with Gasteiger partial charge in [-0.05, 0) is 50.4 Å². The Bertz CT molecular complexity index is 900. The maximum atomic E-state index is 13.3. The molecule has 0 aliphatic carbocycles. The van der Waals surface area contributed by atoms with Crippen molar-refractivity contribution < 1.29 is 48.5 Å². The van der Waals surface area contributed by atoms with Crippen LogP contribution in [0.25, 0.3) is 0 Å². The first-order valence-electron chi connectivity index (χ1n) is 14.6. The molecule has 0 amide bonds. The molecule has 0 saturated carbocycles. The first kappa shape index (κ1) is 34.6. The topological polar surface area (TPSA) is 133 Å². The van der Waals surface area contributed by atoms with E-state index in [4.69, 9.17) is 28.4 Å². The van der Waals surface area contributed by atoms with Gasteiger partial charge in [0.05, 0.1) is 30.8 Å². The normalized spacial score (nSPS) is 44.9. The van der Waals surface area contributed by atoms with E-state index in [0.717, 1.165) is 0 Å². The first-order valence-corrected chi connectivity index (χ1v) is 15.5. The van der Waals surface area contributed by atoms with E-state index in [2.05, 4.69) is 15.9 Å². The van der Waals surface area contributed by atoms with Crippen molar-refractivity contribution in [3.63, 3.8) is 0 Å². The number of fused-ring (bicyclic) bond motifs is 2. The Kier molecular flexibility index (Phi) is 12.8. The largest absolute Gasteiger partial charge is 0.459 e. The number of aliphatic hydroxyl groups is 3. The molecule has 12 atom stereocenters. The second-order valence-electron chi connectivity index (χ2n) is 12.2. The number of cyclic esters (lactones) is 1. The molecule has 0 spiro atoms. The molecule has 11 heteroatoms. The van der Waals surface area contributed by atoms with E-state index in [1.165, 1.54) is 14.2 Å². The van der Waals surface area contributed by atoms with Crippen LogP contribution in [0.15, 0.2) is 23.2 Å². The van der Waals surface area contributed by atoms with E-state index in [-0.39, 0.29) is 18.3 Å². The third-order valence-corrected chi connectivity index (χ3v) is 9.12. The zero-order chi connectivity index (χ0) is 30.4. The number of carbonyl (C=O) groups excluding carboxylic acids is 1. The zero-order valence-corrected chi connectivity index (χ0v) is 26.7. The maximum Gasteiger partial charge on any atom is 0.311 e. The second-order valence-corrected chi connectivity index (χ2v) is 12.7. The Hall–Kier alpha value is -0.890. The van der Waals surface area contributed by atoms with Crippen LogP contribution in [-0.2, 0) is 33.2 Å². The molecule has 0 aromatic heterocycles. The lowest BCUT2D eigenvalue weighted by Gasteiger charge is -2.48. The minimum absolute atomic E-state index is 0.0113. The van der Waals surface area contributed by atoms with Crippen molar-refractivity contribution in [2.45, 2.75) is 133 Å². The molecule has 3 aliphatic rings. The average molecular weight is 650 g/mol. The molecule has 2 bridgehead atoms. The molecular formula is C30H49BrO10. The van der Waals surface area contributed by atoms with Crippen LogP contribution in [0.1, 0.15) is 72.6 Å². The molecule has 41 heavy (non-hydrogen) atoms. The second kappa shape index (κ2) is 15.2. The Morgan fingerprint density at radius 2 is 1.78 bits per heavy atom. The van der Waals surface area contributed by atoms with E-state index in [1.54, 1.807) is 4.99 Å². The molecule has 0 radical (unpaired) electrons.